The first-order chi connectivity index (χ1) is 8.54. The second kappa shape index (κ2) is 4.07. The van der Waals surface area contributed by atoms with Gasteiger partial charge < -0.3 is 9.84 Å². The maximum atomic E-state index is 9.93. The van der Waals surface area contributed by atoms with Gasteiger partial charge in [-0.1, -0.05) is 0 Å². The third-order valence-electron chi connectivity index (χ3n) is 3.01. The van der Waals surface area contributed by atoms with Gasteiger partial charge in [0.2, 0.25) is 0 Å². The van der Waals surface area contributed by atoms with E-state index in [1.54, 1.807) is 13.8 Å². The highest BCUT2D eigenvalue weighted by molar-refractivity contribution is 7.10. The average molecular weight is 261 g/mol. The summed E-state index contributed by atoms with van der Waals surface area (Å²) in [6.07, 6.45) is 0.964. The molecule has 0 unspecified atom stereocenters. The van der Waals surface area contributed by atoms with Crippen LogP contribution in [-0.4, -0.2) is 16.7 Å². The van der Waals surface area contributed by atoms with E-state index in [0.29, 0.717) is 0 Å². The van der Waals surface area contributed by atoms with E-state index in [1.165, 1.54) is 16.9 Å². The molecule has 1 aliphatic heterocycles. The average Bonchev–Trinajstić information content (AvgIpc) is 2.96. The van der Waals surface area contributed by atoms with Crippen LogP contribution >= 0.6 is 11.3 Å². The lowest BCUT2D eigenvalue weighted by molar-refractivity contribution is 0.0783. The van der Waals surface area contributed by atoms with E-state index >= 15 is 0 Å². The molecule has 1 aromatic carbocycles. The summed E-state index contributed by atoms with van der Waals surface area (Å²) in [5.74, 6) is 0.983. The monoisotopic (exact) mass is 261 g/mol. The Labute approximate surface area is 110 Å². The highest BCUT2D eigenvalue weighted by atomic mass is 32.1. The Hall–Kier alpha value is -1.39. The zero-order valence-electron chi connectivity index (χ0n) is 10.4. The number of thiazole rings is 1. The van der Waals surface area contributed by atoms with Crippen molar-refractivity contribution in [2.75, 3.05) is 6.61 Å². The Bertz CT molecular complexity index is 584. The number of benzene rings is 1. The van der Waals surface area contributed by atoms with Gasteiger partial charge in [0.25, 0.3) is 0 Å². The second-order valence-electron chi connectivity index (χ2n) is 5.02. The normalized spacial score (nSPS) is 14.4. The van der Waals surface area contributed by atoms with Gasteiger partial charge in [-0.25, -0.2) is 4.98 Å². The van der Waals surface area contributed by atoms with Crippen LogP contribution in [0.4, 0.5) is 0 Å². The Balaban J connectivity index is 1.98. The molecular formula is C14H15NO2S. The molecule has 0 atom stereocenters. The Morgan fingerprint density at radius 1 is 1.39 bits per heavy atom. The lowest BCUT2D eigenvalue weighted by atomic mass is 10.1. The SMILES string of the molecule is CC(C)(O)c1nc(-c2ccc3c(c2)CCO3)cs1. The molecular weight excluding hydrogens is 246 g/mol. The number of aliphatic hydroxyl groups is 1. The Morgan fingerprint density at radius 2 is 2.22 bits per heavy atom. The number of rotatable bonds is 2. The first kappa shape index (κ1) is 11.7. The van der Waals surface area contributed by atoms with Gasteiger partial charge in [0.15, 0.2) is 0 Å². The first-order valence-electron chi connectivity index (χ1n) is 5.98. The van der Waals surface area contributed by atoms with Gasteiger partial charge in [0.1, 0.15) is 16.4 Å². The molecule has 2 heterocycles. The van der Waals surface area contributed by atoms with E-state index in [2.05, 4.69) is 11.1 Å². The fourth-order valence-corrected chi connectivity index (χ4v) is 2.88. The van der Waals surface area contributed by atoms with Crippen LogP contribution < -0.4 is 4.74 Å². The van der Waals surface area contributed by atoms with Crippen LogP contribution in [0.25, 0.3) is 11.3 Å². The third-order valence-corrected chi connectivity index (χ3v) is 4.17. The quantitative estimate of drug-likeness (QED) is 0.903. The van der Waals surface area contributed by atoms with Crippen LogP contribution in [0.2, 0.25) is 0 Å². The molecule has 0 radical (unpaired) electrons. The van der Waals surface area contributed by atoms with Crippen LogP contribution in [0.5, 0.6) is 5.75 Å². The number of nitrogens with zero attached hydrogens (tertiary/aromatic N) is 1. The number of hydrogen-bond acceptors (Lipinski definition) is 4. The van der Waals surface area contributed by atoms with E-state index in [-0.39, 0.29) is 0 Å². The van der Waals surface area contributed by atoms with Crippen molar-refractivity contribution >= 4 is 11.3 Å². The number of aromatic nitrogens is 1. The maximum absolute atomic E-state index is 9.93. The van der Waals surface area contributed by atoms with E-state index in [4.69, 9.17) is 4.74 Å². The van der Waals surface area contributed by atoms with Crippen molar-refractivity contribution in [1.29, 1.82) is 0 Å². The van der Waals surface area contributed by atoms with Crippen molar-refractivity contribution in [2.24, 2.45) is 0 Å². The van der Waals surface area contributed by atoms with Crippen LogP contribution in [0, 0.1) is 0 Å². The molecule has 0 spiro atoms. The number of fused-ring (bicyclic) bond motifs is 1. The van der Waals surface area contributed by atoms with Gasteiger partial charge in [-0.05, 0) is 37.6 Å². The smallest absolute Gasteiger partial charge is 0.124 e. The highest BCUT2D eigenvalue weighted by Gasteiger charge is 2.21. The van der Waals surface area contributed by atoms with Crippen molar-refractivity contribution in [3.8, 4) is 17.0 Å². The Kier molecular flexibility index (Phi) is 2.64. The van der Waals surface area contributed by atoms with Crippen LogP contribution in [-0.2, 0) is 12.0 Å². The van der Waals surface area contributed by atoms with Crippen LogP contribution in [0.3, 0.4) is 0 Å². The molecule has 0 bridgehead atoms. The largest absolute Gasteiger partial charge is 0.493 e. The van der Waals surface area contributed by atoms with Gasteiger partial charge in [0.05, 0.1) is 12.3 Å². The summed E-state index contributed by atoms with van der Waals surface area (Å²) in [6, 6.07) is 6.15. The van der Waals surface area contributed by atoms with Crippen molar-refractivity contribution in [1.82, 2.24) is 4.98 Å². The summed E-state index contributed by atoms with van der Waals surface area (Å²) in [7, 11) is 0. The summed E-state index contributed by atoms with van der Waals surface area (Å²) in [5.41, 5.74) is 2.38. The fraction of sp³-hybridized carbons (Fsp3) is 0.357. The molecule has 0 saturated carbocycles. The molecule has 1 aromatic heterocycles. The molecule has 2 aromatic rings. The lowest BCUT2D eigenvalue weighted by Gasteiger charge is -2.12. The van der Waals surface area contributed by atoms with E-state index < -0.39 is 5.60 Å². The molecule has 3 rings (SSSR count). The van der Waals surface area contributed by atoms with Gasteiger partial charge in [-0.3, -0.25) is 0 Å². The van der Waals surface area contributed by atoms with E-state index in [1.807, 2.05) is 17.5 Å². The molecule has 94 valence electrons. The Morgan fingerprint density at radius 3 is 2.94 bits per heavy atom. The molecule has 0 aliphatic carbocycles. The zero-order valence-corrected chi connectivity index (χ0v) is 11.3. The van der Waals surface area contributed by atoms with Gasteiger partial charge in [-0.2, -0.15) is 0 Å². The van der Waals surface area contributed by atoms with Crippen LogP contribution in [0.1, 0.15) is 24.4 Å². The fourth-order valence-electron chi connectivity index (χ4n) is 2.03. The minimum Gasteiger partial charge on any atom is -0.493 e. The minimum atomic E-state index is -0.872. The van der Waals surface area contributed by atoms with Gasteiger partial charge in [-0.15, -0.1) is 11.3 Å². The third kappa shape index (κ3) is 2.02. The molecule has 1 aliphatic rings. The summed E-state index contributed by atoms with van der Waals surface area (Å²) in [6.45, 7) is 4.28. The molecule has 3 nitrogen and oxygen atoms in total. The topological polar surface area (TPSA) is 42.4 Å². The van der Waals surface area contributed by atoms with Gasteiger partial charge >= 0.3 is 0 Å². The first-order valence-corrected chi connectivity index (χ1v) is 6.86. The summed E-state index contributed by atoms with van der Waals surface area (Å²) >= 11 is 1.49. The highest BCUT2D eigenvalue weighted by Crippen LogP contribution is 2.32. The number of ether oxygens (including phenoxy) is 1. The predicted molar refractivity (Wildman–Crippen MR) is 72.0 cm³/mol. The molecule has 4 heteroatoms. The maximum Gasteiger partial charge on any atom is 0.124 e. The lowest BCUT2D eigenvalue weighted by Crippen LogP contribution is -2.14. The zero-order chi connectivity index (χ0) is 12.8. The van der Waals surface area contributed by atoms with E-state index in [0.717, 1.165) is 35.0 Å². The molecule has 1 N–H and O–H groups in total. The van der Waals surface area contributed by atoms with Crippen molar-refractivity contribution < 1.29 is 9.84 Å². The van der Waals surface area contributed by atoms with Gasteiger partial charge in [0, 0.05) is 17.4 Å². The number of hydrogen-bond donors (Lipinski definition) is 1. The minimum absolute atomic E-state index is 0.745. The predicted octanol–water partition coefficient (Wildman–Crippen LogP) is 2.97. The second-order valence-corrected chi connectivity index (χ2v) is 5.88. The summed E-state index contributed by atoms with van der Waals surface area (Å²) in [5, 5.41) is 12.7. The van der Waals surface area contributed by atoms with Crippen molar-refractivity contribution in [3.05, 3.63) is 34.2 Å². The summed E-state index contributed by atoms with van der Waals surface area (Å²) in [4.78, 5) is 4.50. The van der Waals surface area contributed by atoms with E-state index in [9.17, 15) is 5.11 Å². The van der Waals surface area contributed by atoms with Crippen molar-refractivity contribution in [2.45, 2.75) is 25.9 Å². The summed E-state index contributed by atoms with van der Waals surface area (Å²) < 4.78 is 5.49. The molecule has 18 heavy (non-hydrogen) atoms. The standard InChI is InChI=1S/C14H15NO2S/c1-14(2,16)13-15-11(8-18-13)9-3-4-12-10(7-9)5-6-17-12/h3-4,7-8,16H,5-6H2,1-2H3. The molecule has 0 fully saturated rings. The van der Waals surface area contributed by atoms with Crippen molar-refractivity contribution in [3.63, 3.8) is 0 Å². The molecule has 0 saturated heterocycles. The van der Waals surface area contributed by atoms with Crippen LogP contribution in [0.15, 0.2) is 23.6 Å². The molecule has 0 amide bonds.